The van der Waals surface area contributed by atoms with Crippen LogP contribution in [0, 0.1) is 6.92 Å². The van der Waals surface area contributed by atoms with E-state index in [1.807, 2.05) is 18.5 Å². The Hall–Kier alpha value is -2.27. The first-order valence-corrected chi connectivity index (χ1v) is 6.79. The molecule has 4 rings (SSSR count). The molecular weight excluding hydrogens is 256 g/mol. The molecule has 0 saturated carbocycles. The molecule has 0 radical (unpaired) electrons. The zero-order valence-corrected chi connectivity index (χ0v) is 11.1. The maximum Gasteiger partial charge on any atom is 0.165 e. The van der Waals surface area contributed by atoms with E-state index < -0.39 is 0 Å². The summed E-state index contributed by atoms with van der Waals surface area (Å²) in [6.45, 7) is 2.09. The summed E-state index contributed by atoms with van der Waals surface area (Å²) in [5, 5.41) is 5.27. The number of rotatable bonds is 1. The van der Waals surface area contributed by atoms with E-state index in [0.29, 0.717) is 0 Å². The van der Waals surface area contributed by atoms with E-state index in [9.17, 15) is 0 Å². The van der Waals surface area contributed by atoms with Crippen molar-refractivity contribution in [3.63, 3.8) is 0 Å². The summed E-state index contributed by atoms with van der Waals surface area (Å²) in [5.74, 6) is 0. The molecule has 0 saturated heterocycles. The minimum absolute atomic E-state index is 0.846. The molecule has 0 atom stereocenters. The third-order valence-corrected chi connectivity index (χ3v) is 4.11. The lowest BCUT2D eigenvalue weighted by molar-refractivity contribution is 0.939. The van der Waals surface area contributed by atoms with Crippen LogP contribution < -0.4 is 0 Å². The van der Waals surface area contributed by atoms with Crippen LogP contribution in [0.4, 0.5) is 0 Å². The molecule has 0 unspecified atom stereocenters. The second kappa shape index (κ2) is 3.86. The summed E-state index contributed by atoms with van der Waals surface area (Å²) in [5.41, 5.74) is 4.11. The maximum atomic E-state index is 4.67. The third-order valence-electron chi connectivity index (χ3n) is 3.05. The Morgan fingerprint density at radius 1 is 1.26 bits per heavy atom. The van der Waals surface area contributed by atoms with Crippen molar-refractivity contribution >= 4 is 27.2 Å². The van der Waals surface area contributed by atoms with E-state index in [4.69, 9.17) is 0 Å². The zero-order valence-electron chi connectivity index (χ0n) is 10.2. The average molecular weight is 266 g/mol. The Labute approximate surface area is 113 Å². The van der Waals surface area contributed by atoms with Gasteiger partial charge in [-0.3, -0.25) is 0 Å². The number of thiazole rings is 1. The number of fused-ring (bicyclic) bond motifs is 2. The van der Waals surface area contributed by atoms with E-state index in [1.54, 1.807) is 22.0 Å². The first-order chi connectivity index (χ1) is 9.31. The van der Waals surface area contributed by atoms with Gasteiger partial charge in [0, 0.05) is 12.4 Å². The van der Waals surface area contributed by atoms with E-state index in [-0.39, 0.29) is 0 Å². The molecule has 0 N–H and O–H groups in total. The quantitative estimate of drug-likeness (QED) is 0.531. The first-order valence-electron chi connectivity index (χ1n) is 5.97. The van der Waals surface area contributed by atoms with Gasteiger partial charge in [0.1, 0.15) is 5.01 Å². The van der Waals surface area contributed by atoms with Crippen LogP contribution in [-0.2, 0) is 0 Å². The van der Waals surface area contributed by atoms with Gasteiger partial charge in [-0.2, -0.15) is 5.10 Å². The van der Waals surface area contributed by atoms with Crippen LogP contribution in [0.15, 0.2) is 42.9 Å². The Morgan fingerprint density at radius 3 is 3.16 bits per heavy atom. The molecule has 0 amide bonds. The molecule has 0 bridgehead atoms. The molecule has 4 aromatic rings. The highest BCUT2D eigenvalue weighted by atomic mass is 32.1. The van der Waals surface area contributed by atoms with Gasteiger partial charge in [-0.1, -0.05) is 6.07 Å². The fourth-order valence-corrected chi connectivity index (χ4v) is 3.19. The molecule has 1 aromatic carbocycles. The molecule has 5 heteroatoms. The van der Waals surface area contributed by atoms with Gasteiger partial charge >= 0.3 is 0 Å². The largest absolute Gasteiger partial charge is 0.236 e. The molecule has 19 heavy (non-hydrogen) atoms. The van der Waals surface area contributed by atoms with Crippen molar-refractivity contribution in [1.82, 2.24) is 19.6 Å². The number of benzene rings is 1. The Morgan fingerprint density at radius 2 is 2.21 bits per heavy atom. The molecule has 0 spiro atoms. The zero-order chi connectivity index (χ0) is 12.8. The monoisotopic (exact) mass is 266 g/mol. The van der Waals surface area contributed by atoms with Crippen molar-refractivity contribution in [2.45, 2.75) is 6.92 Å². The lowest BCUT2D eigenvalue weighted by atomic mass is 10.2. The third kappa shape index (κ3) is 1.62. The Kier molecular flexibility index (Phi) is 2.16. The number of hydrogen-bond donors (Lipinski definition) is 0. The second-order valence-corrected chi connectivity index (χ2v) is 5.47. The lowest BCUT2D eigenvalue weighted by Crippen LogP contribution is -1.87. The minimum Gasteiger partial charge on any atom is -0.236 e. The van der Waals surface area contributed by atoms with Gasteiger partial charge < -0.3 is 0 Å². The van der Waals surface area contributed by atoms with E-state index in [1.165, 1.54) is 10.3 Å². The maximum absolute atomic E-state index is 4.67. The molecule has 4 nitrogen and oxygen atoms in total. The summed E-state index contributed by atoms with van der Waals surface area (Å²) in [7, 11) is 0. The predicted molar refractivity (Wildman–Crippen MR) is 76.3 cm³/mol. The van der Waals surface area contributed by atoms with Gasteiger partial charge in [-0.15, -0.1) is 11.3 Å². The van der Waals surface area contributed by atoms with Crippen molar-refractivity contribution < 1.29 is 0 Å². The number of hydrogen-bond acceptors (Lipinski definition) is 4. The van der Waals surface area contributed by atoms with Crippen molar-refractivity contribution in [3.8, 4) is 10.6 Å². The molecule has 0 aliphatic carbocycles. The molecule has 92 valence electrons. The van der Waals surface area contributed by atoms with Crippen molar-refractivity contribution in [1.29, 1.82) is 0 Å². The summed E-state index contributed by atoms with van der Waals surface area (Å²) < 4.78 is 2.97. The Bertz CT molecular complexity index is 891. The molecular formula is C14H10N4S. The molecule has 3 aromatic heterocycles. The van der Waals surface area contributed by atoms with Crippen LogP contribution in [0.2, 0.25) is 0 Å². The standard InChI is InChI=1S/C14H10N4S/c1-9-3-4-11-12(7-9)19-14(17-11)10-8-16-18-6-2-5-15-13(10)18/h2-8H,1H3. The lowest BCUT2D eigenvalue weighted by Gasteiger charge is -1.92. The van der Waals surface area contributed by atoms with E-state index in [2.05, 4.69) is 40.2 Å². The summed E-state index contributed by atoms with van der Waals surface area (Å²) in [6.07, 6.45) is 5.49. The van der Waals surface area contributed by atoms with Gasteiger partial charge in [0.15, 0.2) is 5.65 Å². The van der Waals surface area contributed by atoms with Crippen LogP contribution in [0.5, 0.6) is 0 Å². The highest BCUT2D eigenvalue weighted by Crippen LogP contribution is 2.32. The first kappa shape index (κ1) is 10.6. The van der Waals surface area contributed by atoms with Crippen LogP contribution in [-0.4, -0.2) is 19.6 Å². The highest BCUT2D eigenvalue weighted by Gasteiger charge is 2.12. The van der Waals surface area contributed by atoms with Gasteiger partial charge in [0.2, 0.25) is 0 Å². The molecule has 0 aliphatic heterocycles. The van der Waals surface area contributed by atoms with Crippen LogP contribution in [0.1, 0.15) is 5.56 Å². The minimum atomic E-state index is 0.846. The molecule has 0 aliphatic rings. The van der Waals surface area contributed by atoms with E-state index in [0.717, 1.165) is 21.7 Å². The number of aryl methyl sites for hydroxylation is 1. The van der Waals surface area contributed by atoms with E-state index >= 15 is 0 Å². The smallest absolute Gasteiger partial charge is 0.165 e. The topological polar surface area (TPSA) is 43.1 Å². The molecule has 0 fully saturated rings. The van der Waals surface area contributed by atoms with Crippen molar-refractivity contribution in [2.75, 3.05) is 0 Å². The van der Waals surface area contributed by atoms with Crippen molar-refractivity contribution in [2.24, 2.45) is 0 Å². The van der Waals surface area contributed by atoms with Gasteiger partial charge in [0.25, 0.3) is 0 Å². The predicted octanol–water partition coefficient (Wildman–Crippen LogP) is 3.31. The fourth-order valence-electron chi connectivity index (χ4n) is 2.13. The summed E-state index contributed by atoms with van der Waals surface area (Å²) >= 11 is 1.68. The summed E-state index contributed by atoms with van der Waals surface area (Å²) in [6, 6.07) is 8.17. The van der Waals surface area contributed by atoms with Crippen molar-refractivity contribution in [3.05, 3.63) is 48.4 Å². The number of nitrogens with zero attached hydrogens (tertiary/aromatic N) is 4. The van der Waals surface area contributed by atoms with Gasteiger partial charge in [-0.25, -0.2) is 14.5 Å². The SMILES string of the molecule is Cc1ccc2nc(-c3cnn4cccnc34)sc2c1. The van der Waals surface area contributed by atoms with Crippen LogP contribution >= 0.6 is 11.3 Å². The molecule has 3 heterocycles. The van der Waals surface area contributed by atoms with Crippen LogP contribution in [0.3, 0.4) is 0 Å². The summed E-state index contributed by atoms with van der Waals surface area (Å²) in [4.78, 5) is 9.04. The number of aromatic nitrogens is 4. The fraction of sp³-hybridized carbons (Fsp3) is 0.0714. The normalized spacial score (nSPS) is 11.4. The average Bonchev–Trinajstić information content (AvgIpc) is 3.00. The Balaban J connectivity index is 1.99. The van der Waals surface area contributed by atoms with Gasteiger partial charge in [0.05, 0.1) is 22.0 Å². The van der Waals surface area contributed by atoms with Gasteiger partial charge in [-0.05, 0) is 30.7 Å². The van der Waals surface area contributed by atoms with Crippen LogP contribution in [0.25, 0.3) is 26.4 Å². The highest BCUT2D eigenvalue weighted by molar-refractivity contribution is 7.21. The second-order valence-electron chi connectivity index (χ2n) is 4.44.